The van der Waals surface area contributed by atoms with E-state index in [2.05, 4.69) is 10.2 Å². The van der Waals surface area contributed by atoms with Gasteiger partial charge in [0.1, 0.15) is 11.6 Å². The lowest BCUT2D eigenvalue weighted by Gasteiger charge is -2.35. The summed E-state index contributed by atoms with van der Waals surface area (Å²) in [5.41, 5.74) is -0.398. The zero-order chi connectivity index (χ0) is 26.8. The van der Waals surface area contributed by atoms with Gasteiger partial charge in [-0.1, -0.05) is 12.1 Å². The van der Waals surface area contributed by atoms with Gasteiger partial charge < -0.3 is 14.5 Å². The van der Waals surface area contributed by atoms with Gasteiger partial charge in [-0.15, -0.1) is 5.10 Å². The van der Waals surface area contributed by atoms with E-state index in [1.54, 1.807) is 24.3 Å². The highest BCUT2D eigenvalue weighted by molar-refractivity contribution is 5.96. The Morgan fingerprint density at radius 3 is 2.21 bits per heavy atom. The number of fused-ring (bicyclic) bond motifs is 1. The predicted molar refractivity (Wildman–Crippen MR) is 134 cm³/mol. The lowest BCUT2D eigenvalue weighted by molar-refractivity contribution is -0.384. The number of carbonyl (C=O) groups excluding carboxylic acids is 2. The quantitative estimate of drug-likeness (QED) is 0.316. The summed E-state index contributed by atoms with van der Waals surface area (Å²) in [5.74, 6) is -1.34. The van der Waals surface area contributed by atoms with Crippen LogP contribution in [0, 0.1) is 15.9 Å². The first kappa shape index (κ1) is 24.6. The van der Waals surface area contributed by atoms with E-state index < -0.39 is 16.6 Å². The van der Waals surface area contributed by atoms with Crippen molar-refractivity contribution < 1.29 is 23.6 Å². The SMILES string of the molecule is O=C(c1ccc([N+](=O)[O-])cc1)N1CCN(C(=O)c2cc(Oc3n[nH]c(=O)c4ccccc34)ccc2F)CC1. The Labute approximate surface area is 214 Å². The maximum atomic E-state index is 14.7. The molecule has 0 bridgehead atoms. The molecule has 5 rings (SSSR count). The largest absolute Gasteiger partial charge is 0.437 e. The van der Waals surface area contributed by atoms with Crippen molar-refractivity contribution in [1.29, 1.82) is 0 Å². The van der Waals surface area contributed by atoms with Gasteiger partial charge in [-0.3, -0.25) is 24.5 Å². The highest BCUT2D eigenvalue weighted by Crippen LogP contribution is 2.27. The van der Waals surface area contributed by atoms with E-state index in [1.165, 1.54) is 46.2 Å². The molecule has 0 atom stereocenters. The molecule has 2 heterocycles. The number of benzene rings is 3. The summed E-state index contributed by atoms with van der Waals surface area (Å²) in [4.78, 5) is 51.2. The van der Waals surface area contributed by atoms with Crippen LogP contribution in [0.1, 0.15) is 20.7 Å². The average Bonchev–Trinajstić information content (AvgIpc) is 2.95. The van der Waals surface area contributed by atoms with E-state index in [4.69, 9.17) is 4.74 Å². The number of hydrogen-bond donors (Lipinski definition) is 1. The number of amides is 2. The van der Waals surface area contributed by atoms with Crippen molar-refractivity contribution in [1.82, 2.24) is 20.0 Å². The van der Waals surface area contributed by atoms with Crippen LogP contribution in [-0.2, 0) is 0 Å². The van der Waals surface area contributed by atoms with Gasteiger partial charge in [0.25, 0.3) is 23.1 Å². The maximum absolute atomic E-state index is 14.7. The molecule has 1 saturated heterocycles. The van der Waals surface area contributed by atoms with Crippen molar-refractivity contribution in [3.8, 4) is 11.6 Å². The molecule has 3 aromatic carbocycles. The van der Waals surface area contributed by atoms with Crippen molar-refractivity contribution in [3.05, 3.63) is 104 Å². The number of rotatable bonds is 5. The van der Waals surface area contributed by atoms with Crippen LogP contribution in [0.5, 0.6) is 11.6 Å². The van der Waals surface area contributed by atoms with E-state index in [9.17, 15) is 28.9 Å². The van der Waals surface area contributed by atoms with Crippen LogP contribution in [-0.4, -0.2) is 62.9 Å². The first-order valence-corrected chi connectivity index (χ1v) is 11.6. The van der Waals surface area contributed by atoms with Crippen molar-refractivity contribution in [2.24, 2.45) is 0 Å². The molecule has 12 heteroatoms. The number of carbonyl (C=O) groups is 2. The number of nitro groups is 1. The zero-order valence-corrected chi connectivity index (χ0v) is 19.8. The van der Waals surface area contributed by atoms with E-state index in [1.807, 2.05) is 0 Å². The van der Waals surface area contributed by atoms with Gasteiger partial charge in [-0.2, -0.15) is 0 Å². The lowest BCUT2D eigenvalue weighted by atomic mass is 10.1. The topological polar surface area (TPSA) is 139 Å². The second-order valence-corrected chi connectivity index (χ2v) is 8.54. The monoisotopic (exact) mass is 517 g/mol. The predicted octanol–water partition coefficient (Wildman–Crippen LogP) is 3.36. The molecule has 0 radical (unpaired) electrons. The van der Waals surface area contributed by atoms with E-state index in [0.29, 0.717) is 16.3 Å². The van der Waals surface area contributed by atoms with Gasteiger partial charge in [-0.25, -0.2) is 9.49 Å². The Morgan fingerprint density at radius 2 is 1.55 bits per heavy atom. The molecular weight excluding hydrogens is 497 g/mol. The number of H-pyrrole nitrogens is 1. The molecule has 1 aliphatic rings. The minimum absolute atomic E-state index is 0.101. The molecule has 2 amide bonds. The molecule has 1 aromatic heterocycles. The van der Waals surface area contributed by atoms with Gasteiger partial charge in [0.2, 0.25) is 5.88 Å². The van der Waals surface area contributed by atoms with Gasteiger partial charge in [0.05, 0.1) is 21.3 Å². The molecule has 0 aliphatic carbocycles. The molecule has 1 fully saturated rings. The minimum atomic E-state index is -0.731. The molecule has 0 saturated carbocycles. The third kappa shape index (κ3) is 4.78. The number of piperazine rings is 1. The molecule has 0 unspecified atom stereocenters. The maximum Gasteiger partial charge on any atom is 0.272 e. The summed E-state index contributed by atoms with van der Waals surface area (Å²) in [6.07, 6.45) is 0. The molecular formula is C26H20FN5O6. The highest BCUT2D eigenvalue weighted by atomic mass is 19.1. The number of halogens is 1. The van der Waals surface area contributed by atoms with Crippen molar-refractivity contribution in [3.63, 3.8) is 0 Å². The molecule has 0 spiro atoms. The Bertz CT molecular complexity index is 1610. The van der Waals surface area contributed by atoms with Gasteiger partial charge in [0.15, 0.2) is 0 Å². The fraction of sp³-hybridized carbons (Fsp3) is 0.154. The second-order valence-electron chi connectivity index (χ2n) is 8.54. The molecule has 11 nitrogen and oxygen atoms in total. The second kappa shape index (κ2) is 10.1. The van der Waals surface area contributed by atoms with Gasteiger partial charge in [-0.05, 0) is 42.5 Å². The lowest BCUT2D eigenvalue weighted by Crippen LogP contribution is -2.50. The number of nitro benzene ring substituents is 1. The Balaban J connectivity index is 1.28. The normalized spacial score (nSPS) is 13.4. The van der Waals surface area contributed by atoms with Gasteiger partial charge >= 0.3 is 0 Å². The highest BCUT2D eigenvalue weighted by Gasteiger charge is 2.27. The number of nitrogens with one attached hydrogen (secondary N) is 1. The summed E-state index contributed by atoms with van der Waals surface area (Å²) < 4.78 is 20.4. The van der Waals surface area contributed by atoms with Crippen molar-refractivity contribution >= 4 is 28.3 Å². The van der Waals surface area contributed by atoms with Crippen LogP contribution in [0.2, 0.25) is 0 Å². The van der Waals surface area contributed by atoms with E-state index in [-0.39, 0.29) is 60.5 Å². The van der Waals surface area contributed by atoms with Crippen molar-refractivity contribution in [2.45, 2.75) is 0 Å². The molecule has 1 aliphatic heterocycles. The van der Waals surface area contributed by atoms with Crippen LogP contribution >= 0.6 is 0 Å². The Morgan fingerprint density at radius 1 is 0.921 bits per heavy atom. The molecule has 4 aromatic rings. The van der Waals surface area contributed by atoms with Crippen molar-refractivity contribution in [2.75, 3.05) is 26.2 Å². The number of non-ortho nitro benzene ring substituents is 1. The van der Waals surface area contributed by atoms with Crippen LogP contribution in [0.4, 0.5) is 10.1 Å². The fourth-order valence-corrected chi connectivity index (χ4v) is 4.20. The summed E-state index contributed by atoms with van der Waals surface area (Å²) >= 11 is 0. The van der Waals surface area contributed by atoms with Crippen LogP contribution in [0.25, 0.3) is 10.8 Å². The first-order chi connectivity index (χ1) is 18.3. The third-order valence-electron chi connectivity index (χ3n) is 6.22. The van der Waals surface area contributed by atoms with Gasteiger partial charge in [0, 0.05) is 43.9 Å². The summed E-state index contributed by atoms with van der Waals surface area (Å²) in [6.45, 7) is 0.779. The minimum Gasteiger partial charge on any atom is -0.437 e. The van der Waals surface area contributed by atoms with Crippen LogP contribution in [0.3, 0.4) is 0 Å². The molecule has 1 N–H and O–H groups in total. The number of nitrogens with zero attached hydrogens (tertiary/aromatic N) is 4. The standard InChI is InChI=1S/C26H20FN5O6/c27-22-10-9-18(38-24-20-4-2-1-3-19(20)23(33)28-29-24)15-21(22)26(35)31-13-11-30(12-14-31)25(34)16-5-7-17(8-6-16)32(36)37/h1-10,15H,11-14H2,(H,28,33). The third-order valence-corrected chi connectivity index (χ3v) is 6.22. The number of aromatic amines is 1. The summed E-state index contributed by atoms with van der Waals surface area (Å²) in [5, 5.41) is 17.9. The molecule has 192 valence electrons. The fourth-order valence-electron chi connectivity index (χ4n) is 4.20. The first-order valence-electron chi connectivity index (χ1n) is 11.6. The Hall–Kier alpha value is -5.13. The Kier molecular flexibility index (Phi) is 6.52. The van der Waals surface area contributed by atoms with E-state index >= 15 is 0 Å². The summed E-state index contributed by atoms with van der Waals surface area (Å²) in [6, 6.07) is 15.8. The van der Waals surface area contributed by atoms with E-state index in [0.717, 1.165) is 6.07 Å². The zero-order valence-electron chi connectivity index (χ0n) is 19.8. The number of aromatic nitrogens is 2. The van der Waals surface area contributed by atoms with Crippen LogP contribution in [0.15, 0.2) is 71.5 Å². The number of hydrogen-bond acceptors (Lipinski definition) is 7. The summed E-state index contributed by atoms with van der Waals surface area (Å²) in [7, 11) is 0. The number of ether oxygens (including phenoxy) is 1. The smallest absolute Gasteiger partial charge is 0.272 e. The molecule has 38 heavy (non-hydrogen) atoms. The average molecular weight is 517 g/mol. The van der Waals surface area contributed by atoms with Crippen LogP contribution < -0.4 is 10.3 Å².